The Kier molecular flexibility index (Phi) is 5.32. The average molecular weight is 308 g/mol. The van der Waals surface area contributed by atoms with Gasteiger partial charge in [-0.15, -0.1) is 0 Å². The molecule has 120 valence electrons. The normalized spacial score (nSPS) is 12.1. The molecule has 23 heavy (non-hydrogen) atoms. The van der Waals surface area contributed by atoms with Crippen LogP contribution in [0, 0.1) is 0 Å². The van der Waals surface area contributed by atoms with Gasteiger partial charge in [0, 0.05) is 5.56 Å². The van der Waals surface area contributed by atoms with Crippen LogP contribution in [0.5, 0.6) is 0 Å². The molecule has 2 rings (SSSR count). The van der Waals surface area contributed by atoms with Gasteiger partial charge in [0.2, 0.25) is 0 Å². The molecular weight excluding hydrogens is 284 g/mol. The molecule has 0 unspecified atom stereocenters. The van der Waals surface area contributed by atoms with E-state index in [4.69, 9.17) is 0 Å². The average Bonchev–Trinajstić information content (AvgIpc) is 2.55. The maximum atomic E-state index is 12.2. The van der Waals surface area contributed by atoms with Crippen LogP contribution in [-0.2, 0) is 5.41 Å². The summed E-state index contributed by atoms with van der Waals surface area (Å²) >= 11 is 0. The zero-order chi connectivity index (χ0) is 16.9. The molecule has 1 N–H and O–H groups in total. The Morgan fingerprint density at radius 2 is 1.57 bits per heavy atom. The maximum absolute atomic E-state index is 12.2. The highest BCUT2D eigenvalue weighted by molar-refractivity contribution is 6.02. The van der Waals surface area contributed by atoms with Gasteiger partial charge >= 0.3 is 0 Å². The van der Waals surface area contributed by atoms with E-state index in [1.54, 1.807) is 0 Å². The zero-order valence-electron chi connectivity index (χ0n) is 14.3. The van der Waals surface area contributed by atoms with Crippen LogP contribution in [0.25, 0.3) is 0 Å². The van der Waals surface area contributed by atoms with E-state index in [1.807, 2.05) is 61.5 Å². The Morgan fingerprint density at radius 3 is 2.09 bits per heavy atom. The first-order chi connectivity index (χ1) is 10.9. The Balaban J connectivity index is 2.11. The van der Waals surface area contributed by atoms with Gasteiger partial charge in [-0.05, 0) is 35.1 Å². The van der Waals surface area contributed by atoms with Crippen molar-refractivity contribution in [3.63, 3.8) is 0 Å². The summed E-state index contributed by atoms with van der Waals surface area (Å²) < 4.78 is 0. The van der Waals surface area contributed by atoms with Crippen molar-refractivity contribution >= 4 is 11.6 Å². The van der Waals surface area contributed by atoms with E-state index in [-0.39, 0.29) is 11.3 Å². The number of rotatable bonds is 4. The van der Waals surface area contributed by atoms with Gasteiger partial charge in [-0.2, -0.15) is 5.10 Å². The Morgan fingerprint density at radius 1 is 0.957 bits per heavy atom. The van der Waals surface area contributed by atoms with Gasteiger partial charge in [0.05, 0.1) is 5.71 Å². The summed E-state index contributed by atoms with van der Waals surface area (Å²) in [5.41, 5.74) is 6.45. The lowest BCUT2D eigenvalue weighted by molar-refractivity contribution is 0.0954. The highest BCUT2D eigenvalue weighted by atomic mass is 16.2. The molecule has 3 nitrogen and oxygen atoms in total. The van der Waals surface area contributed by atoms with E-state index in [2.05, 4.69) is 31.3 Å². The molecule has 0 radical (unpaired) electrons. The van der Waals surface area contributed by atoms with E-state index in [0.717, 1.165) is 17.7 Å². The van der Waals surface area contributed by atoms with Crippen LogP contribution in [0.2, 0.25) is 0 Å². The standard InChI is InChI=1S/C20H24N2O/c1-5-18(15-9-7-6-8-10-15)21-22-19(23)16-11-13-17(14-12-16)20(2,3)4/h6-14H,5H2,1-4H3,(H,22,23)/b21-18-. The third-order valence-corrected chi connectivity index (χ3v) is 3.75. The topological polar surface area (TPSA) is 41.5 Å². The molecular formula is C20H24N2O. The van der Waals surface area contributed by atoms with Crippen molar-refractivity contribution < 1.29 is 4.79 Å². The molecule has 2 aromatic rings. The molecule has 0 spiro atoms. The first-order valence-corrected chi connectivity index (χ1v) is 7.94. The second kappa shape index (κ2) is 7.23. The number of benzene rings is 2. The van der Waals surface area contributed by atoms with Crippen molar-refractivity contribution in [1.82, 2.24) is 5.43 Å². The zero-order valence-corrected chi connectivity index (χ0v) is 14.3. The highest BCUT2D eigenvalue weighted by Crippen LogP contribution is 2.22. The lowest BCUT2D eigenvalue weighted by Gasteiger charge is -2.18. The second-order valence-electron chi connectivity index (χ2n) is 6.55. The lowest BCUT2D eigenvalue weighted by Crippen LogP contribution is -2.20. The maximum Gasteiger partial charge on any atom is 0.271 e. The molecule has 0 saturated carbocycles. The Bertz CT molecular complexity index is 680. The molecule has 0 heterocycles. The summed E-state index contributed by atoms with van der Waals surface area (Å²) in [6.45, 7) is 8.48. The van der Waals surface area contributed by atoms with Gasteiger partial charge in [-0.3, -0.25) is 4.79 Å². The predicted octanol–water partition coefficient (Wildman–Crippen LogP) is 4.53. The monoisotopic (exact) mass is 308 g/mol. The third-order valence-electron chi connectivity index (χ3n) is 3.75. The minimum atomic E-state index is -0.188. The molecule has 0 saturated heterocycles. The molecule has 1 amide bonds. The number of nitrogens with zero attached hydrogens (tertiary/aromatic N) is 1. The molecule has 0 aliphatic rings. The van der Waals surface area contributed by atoms with Crippen LogP contribution in [0.3, 0.4) is 0 Å². The Hall–Kier alpha value is -2.42. The number of hydrogen-bond acceptors (Lipinski definition) is 2. The van der Waals surface area contributed by atoms with Crippen molar-refractivity contribution in [2.45, 2.75) is 39.5 Å². The fraction of sp³-hybridized carbons (Fsp3) is 0.300. The summed E-state index contributed by atoms with van der Waals surface area (Å²) in [5, 5.41) is 4.28. The number of carbonyl (C=O) groups is 1. The molecule has 3 heteroatoms. The summed E-state index contributed by atoms with van der Waals surface area (Å²) in [6, 6.07) is 17.6. The summed E-state index contributed by atoms with van der Waals surface area (Å²) in [7, 11) is 0. The van der Waals surface area contributed by atoms with Crippen molar-refractivity contribution in [3.8, 4) is 0 Å². The fourth-order valence-corrected chi connectivity index (χ4v) is 2.28. The minimum absolute atomic E-state index is 0.0792. The SMILES string of the molecule is CC/C(=N/NC(=O)c1ccc(C(C)(C)C)cc1)c1ccccc1. The van der Waals surface area contributed by atoms with Gasteiger partial charge in [0.25, 0.3) is 5.91 Å². The second-order valence-corrected chi connectivity index (χ2v) is 6.55. The highest BCUT2D eigenvalue weighted by Gasteiger charge is 2.14. The van der Waals surface area contributed by atoms with Crippen molar-refractivity contribution in [3.05, 3.63) is 71.3 Å². The molecule has 0 aliphatic carbocycles. The van der Waals surface area contributed by atoms with Gasteiger partial charge in [-0.25, -0.2) is 5.43 Å². The quantitative estimate of drug-likeness (QED) is 0.654. The number of amides is 1. The molecule has 0 aromatic heterocycles. The van der Waals surface area contributed by atoms with Gasteiger partial charge in [-0.1, -0.05) is 70.2 Å². The van der Waals surface area contributed by atoms with Crippen LogP contribution in [0.15, 0.2) is 59.7 Å². The van der Waals surface area contributed by atoms with Crippen LogP contribution < -0.4 is 5.43 Å². The van der Waals surface area contributed by atoms with Crippen molar-refractivity contribution in [2.24, 2.45) is 5.10 Å². The molecule has 0 bridgehead atoms. The number of hydrogen-bond donors (Lipinski definition) is 1. The minimum Gasteiger partial charge on any atom is -0.267 e. The van der Waals surface area contributed by atoms with E-state index in [9.17, 15) is 4.79 Å². The number of carbonyl (C=O) groups excluding carboxylic acids is 1. The van der Waals surface area contributed by atoms with Crippen LogP contribution in [-0.4, -0.2) is 11.6 Å². The molecule has 0 aliphatic heterocycles. The van der Waals surface area contributed by atoms with Crippen molar-refractivity contribution in [1.29, 1.82) is 0 Å². The number of hydrazone groups is 1. The van der Waals surface area contributed by atoms with Gasteiger partial charge in [0.15, 0.2) is 0 Å². The Labute approximate surface area is 138 Å². The van der Waals surface area contributed by atoms with Crippen LogP contribution >= 0.6 is 0 Å². The molecule has 0 fully saturated rings. The lowest BCUT2D eigenvalue weighted by atomic mass is 9.87. The first-order valence-electron chi connectivity index (χ1n) is 7.94. The predicted molar refractivity (Wildman–Crippen MR) is 95.9 cm³/mol. The van der Waals surface area contributed by atoms with E-state index in [0.29, 0.717) is 5.56 Å². The van der Waals surface area contributed by atoms with E-state index >= 15 is 0 Å². The van der Waals surface area contributed by atoms with Gasteiger partial charge < -0.3 is 0 Å². The molecule has 0 atom stereocenters. The summed E-state index contributed by atoms with van der Waals surface area (Å²) in [5.74, 6) is -0.188. The van der Waals surface area contributed by atoms with Crippen LogP contribution in [0.1, 0.15) is 55.6 Å². The van der Waals surface area contributed by atoms with E-state index < -0.39 is 0 Å². The van der Waals surface area contributed by atoms with Crippen LogP contribution in [0.4, 0.5) is 0 Å². The first kappa shape index (κ1) is 16.9. The van der Waals surface area contributed by atoms with Gasteiger partial charge in [0.1, 0.15) is 0 Å². The fourth-order valence-electron chi connectivity index (χ4n) is 2.28. The summed E-state index contributed by atoms with van der Waals surface area (Å²) in [4.78, 5) is 12.2. The third kappa shape index (κ3) is 4.52. The largest absolute Gasteiger partial charge is 0.271 e. The van der Waals surface area contributed by atoms with E-state index in [1.165, 1.54) is 5.56 Å². The smallest absolute Gasteiger partial charge is 0.267 e. The van der Waals surface area contributed by atoms with Crippen molar-refractivity contribution in [2.75, 3.05) is 0 Å². The number of nitrogens with one attached hydrogen (secondary N) is 1. The summed E-state index contributed by atoms with van der Waals surface area (Å²) in [6.07, 6.45) is 0.757. The molecule has 2 aromatic carbocycles.